The van der Waals surface area contributed by atoms with Crippen molar-refractivity contribution in [1.82, 2.24) is 4.72 Å². The summed E-state index contributed by atoms with van der Waals surface area (Å²) in [5.41, 5.74) is 1.24. The highest BCUT2D eigenvalue weighted by atomic mass is 32.2. The molecule has 2 unspecified atom stereocenters. The number of ether oxygens (including phenoxy) is 1. The van der Waals surface area contributed by atoms with Gasteiger partial charge in [-0.3, -0.25) is 0 Å². The first kappa shape index (κ1) is 15.0. The quantitative estimate of drug-likeness (QED) is 0.860. The fourth-order valence-corrected chi connectivity index (χ4v) is 4.58. The number of aliphatic hydroxyl groups excluding tert-OH is 1. The molecule has 1 aliphatic carbocycles. The van der Waals surface area contributed by atoms with Crippen molar-refractivity contribution in [2.45, 2.75) is 49.8 Å². The number of benzene rings is 1. The lowest BCUT2D eigenvalue weighted by molar-refractivity contribution is 0.0848. The van der Waals surface area contributed by atoms with Crippen LogP contribution in [0, 0.1) is 12.8 Å². The van der Waals surface area contributed by atoms with Gasteiger partial charge in [0.1, 0.15) is 0 Å². The maximum absolute atomic E-state index is 12.6. The minimum atomic E-state index is -3.59. The zero-order valence-corrected chi connectivity index (χ0v) is 12.9. The molecule has 116 valence electrons. The van der Waals surface area contributed by atoms with E-state index in [1.165, 1.54) is 0 Å². The predicted molar refractivity (Wildman–Crippen MR) is 78.3 cm³/mol. The summed E-state index contributed by atoms with van der Waals surface area (Å²) >= 11 is 0. The molecule has 1 aromatic carbocycles. The molecule has 1 aromatic rings. The van der Waals surface area contributed by atoms with Crippen LogP contribution in [0.5, 0.6) is 0 Å². The average Bonchev–Trinajstić information content (AvgIpc) is 3.19. The molecule has 2 fully saturated rings. The first-order valence-electron chi connectivity index (χ1n) is 7.36. The van der Waals surface area contributed by atoms with Crippen LogP contribution < -0.4 is 4.72 Å². The molecular weight excluding hydrogens is 290 g/mol. The van der Waals surface area contributed by atoms with Crippen LogP contribution >= 0.6 is 0 Å². The molecule has 0 bridgehead atoms. The third kappa shape index (κ3) is 2.99. The minimum absolute atomic E-state index is 0.0149. The average molecular weight is 311 g/mol. The van der Waals surface area contributed by atoms with Crippen LogP contribution in [0.25, 0.3) is 0 Å². The Balaban J connectivity index is 1.83. The standard InChI is InChI=1S/C15H21NO4S/c1-10-12(9-17)3-2-4-14(10)21(18,19)16-13-7-8-20-15(13)11-5-6-11/h2-4,11,13,15-17H,5-9H2,1H3. The molecule has 5 nitrogen and oxygen atoms in total. The Kier molecular flexibility index (Phi) is 4.05. The smallest absolute Gasteiger partial charge is 0.241 e. The van der Waals surface area contributed by atoms with Crippen molar-refractivity contribution in [2.75, 3.05) is 6.61 Å². The Morgan fingerprint density at radius 2 is 2.10 bits per heavy atom. The van der Waals surface area contributed by atoms with Crippen molar-refractivity contribution in [3.8, 4) is 0 Å². The number of sulfonamides is 1. The highest BCUT2D eigenvalue weighted by Crippen LogP contribution is 2.39. The van der Waals surface area contributed by atoms with Gasteiger partial charge in [-0.15, -0.1) is 0 Å². The van der Waals surface area contributed by atoms with E-state index in [4.69, 9.17) is 4.74 Å². The number of rotatable bonds is 5. The van der Waals surface area contributed by atoms with E-state index < -0.39 is 10.0 Å². The molecule has 21 heavy (non-hydrogen) atoms. The third-order valence-corrected chi connectivity index (χ3v) is 6.02. The van der Waals surface area contributed by atoms with Gasteiger partial charge in [0, 0.05) is 6.61 Å². The molecule has 1 saturated heterocycles. The SMILES string of the molecule is Cc1c(CO)cccc1S(=O)(=O)NC1CCOC1C1CC1. The lowest BCUT2D eigenvalue weighted by Crippen LogP contribution is -2.41. The second-order valence-corrected chi connectivity index (χ2v) is 7.57. The van der Waals surface area contributed by atoms with Gasteiger partial charge in [-0.2, -0.15) is 0 Å². The van der Waals surface area contributed by atoms with E-state index in [1.54, 1.807) is 25.1 Å². The van der Waals surface area contributed by atoms with Crippen molar-refractivity contribution >= 4 is 10.0 Å². The summed E-state index contributed by atoms with van der Waals surface area (Å²) in [7, 11) is -3.59. The molecule has 2 atom stereocenters. The summed E-state index contributed by atoms with van der Waals surface area (Å²) in [6.07, 6.45) is 2.99. The van der Waals surface area contributed by atoms with Gasteiger partial charge in [0.05, 0.1) is 23.6 Å². The molecule has 0 spiro atoms. The first-order valence-corrected chi connectivity index (χ1v) is 8.84. The van der Waals surface area contributed by atoms with Gasteiger partial charge in [0.2, 0.25) is 10.0 Å². The topological polar surface area (TPSA) is 75.6 Å². The number of aliphatic hydroxyl groups is 1. The van der Waals surface area contributed by atoms with Gasteiger partial charge in [-0.25, -0.2) is 13.1 Å². The van der Waals surface area contributed by atoms with E-state index in [0.717, 1.165) is 19.3 Å². The van der Waals surface area contributed by atoms with Gasteiger partial charge >= 0.3 is 0 Å². The fourth-order valence-electron chi connectivity index (χ4n) is 3.01. The van der Waals surface area contributed by atoms with Crippen LogP contribution in [0.1, 0.15) is 30.4 Å². The Morgan fingerprint density at radius 3 is 2.76 bits per heavy atom. The normalized spacial score (nSPS) is 26.2. The highest BCUT2D eigenvalue weighted by Gasteiger charge is 2.42. The van der Waals surface area contributed by atoms with Crippen molar-refractivity contribution < 1.29 is 18.3 Å². The number of nitrogens with one attached hydrogen (secondary N) is 1. The van der Waals surface area contributed by atoms with E-state index in [-0.39, 0.29) is 23.6 Å². The van der Waals surface area contributed by atoms with Crippen molar-refractivity contribution in [1.29, 1.82) is 0 Å². The van der Waals surface area contributed by atoms with Crippen LogP contribution in [0.3, 0.4) is 0 Å². The van der Waals surface area contributed by atoms with Gasteiger partial charge in [0.25, 0.3) is 0 Å². The molecule has 2 aliphatic rings. The largest absolute Gasteiger partial charge is 0.392 e. The highest BCUT2D eigenvalue weighted by molar-refractivity contribution is 7.89. The van der Waals surface area contributed by atoms with Crippen molar-refractivity contribution in [3.63, 3.8) is 0 Å². The third-order valence-electron chi connectivity index (χ3n) is 4.39. The molecule has 0 amide bonds. The summed E-state index contributed by atoms with van der Waals surface area (Å²) < 4.78 is 33.7. The van der Waals surface area contributed by atoms with E-state index in [0.29, 0.717) is 23.7 Å². The van der Waals surface area contributed by atoms with Crippen LogP contribution in [0.2, 0.25) is 0 Å². The molecule has 0 aromatic heterocycles. The van der Waals surface area contributed by atoms with Crippen LogP contribution in [0.4, 0.5) is 0 Å². The molecule has 0 radical (unpaired) electrons. The lowest BCUT2D eigenvalue weighted by atomic mass is 10.1. The maximum atomic E-state index is 12.6. The Hall–Kier alpha value is -0.950. The molecular formula is C15H21NO4S. The Labute approximate surface area is 125 Å². The second kappa shape index (κ2) is 5.68. The van der Waals surface area contributed by atoms with Crippen molar-refractivity contribution in [2.24, 2.45) is 5.92 Å². The molecule has 1 aliphatic heterocycles. The number of hydrogen-bond donors (Lipinski definition) is 2. The predicted octanol–water partition coefficient (Wildman–Crippen LogP) is 1.33. The van der Waals surface area contributed by atoms with Gasteiger partial charge in [-0.1, -0.05) is 12.1 Å². The summed E-state index contributed by atoms with van der Waals surface area (Å²) in [5, 5.41) is 9.28. The Morgan fingerprint density at radius 1 is 1.33 bits per heavy atom. The maximum Gasteiger partial charge on any atom is 0.241 e. The summed E-state index contributed by atoms with van der Waals surface area (Å²) in [6, 6.07) is 4.84. The summed E-state index contributed by atoms with van der Waals surface area (Å²) in [5.74, 6) is 0.505. The van der Waals surface area contributed by atoms with E-state index in [2.05, 4.69) is 4.72 Å². The zero-order chi connectivity index (χ0) is 15.0. The van der Waals surface area contributed by atoms with Gasteiger partial charge < -0.3 is 9.84 Å². The van der Waals surface area contributed by atoms with Gasteiger partial charge in [0.15, 0.2) is 0 Å². The number of hydrogen-bond acceptors (Lipinski definition) is 4. The zero-order valence-electron chi connectivity index (χ0n) is 12.1. The second-order valence-electron chi connectivity index (χ2n) is 5.89. The van der Waals surface area contributed by atoms with Crippen LogP contribution in [-0.4, -0.2) is 32.3 Å². The monoisotopic (exact) mass is 311 g/mol. The minimum Gasteiger partial charge on any atom is -0.392 e. The van der Waals surface area contributed by atoms with Crippen LogP contribution in [0.15, 0.2) is 23.1 Å². The molecule has 2 N–H and O–H groups in total. The summed E-state index contributed by atoms with van der Waals surface area (Å²) in [4.78, 5) is 0.246. The van der Waals surface area contributed by atoms with E-state index in [1.807, 2.05) is 0 Å². The molecule has 6 heteroatoms. The molecule has 1 saturated carbocycles. The molecule has 3 rings (SSSR count). The van der Waals surface area contributed by atoms with E-state index in [9.17, 15) is 13.5 Å². The molecule has 1 heterocycles. The first-order chi connectivity index (χ1) is 10.0. The van der Waals surface area contributed by atoms with Crippen molar-refractivity contribution in [3.05, 3.63) is 29.3 Å². The Bertz CT molecular complexity index is 625. The van der Waals surface area contributed by atoms with Crippen LogP contribution in [-0.2, 0) is 21.4 Å². The lowest BCUT2D eigenvalue weighted by Gasteiger charge is -2.20. The summed E-state index contributed by atoms with van der Waals surface area (Å²) in [6.45, 7) is 2.18. The van der Waals surface area contributed by atoms with E-state index >= 15 is 0 Å². The fraction of sp³-hybridized carbons (Fsp3) is 0.600. The van der Waals surface area contributed by atoms with Gasteiger partial charge in [-0.05, 0) is 49.3 Å².